The molecule has 2 aromatic heterocycles. The van der Waals surface area contributed by atoms with E-state index in [9.17, 15) is 4.79 Å². The Morgan fingerprint density at radius 3 is 2.30 bits per heavy atom. The van der Waals surface area contributed by atoms with Crippen LogP contribution in [0, 0.1) is 5.41 Å². The molecule has 1 atom stereocenters. The SMILES string of the molecule is O=C1N(Cc2ccccc2)CCC1(CCN1CCC(Nc2nc3ccccc3n2Cc2ccco2)CC1)Cc1ccccc1. The van der Waals surface area contributed by atoms with Crippen molar-refractivity contribution in [2.45, 2.75) is 51.2 Å². The summed E-state index contributed by atoms with van der Waals surface area (Å²) in [7, 11) is 0. The molecule has 0 radical (unpaired) electrons. The van der Waals surface area contributed by atoms with Gasteiger partial charge >= 0.3 is 0 Å². The van der Waals surface area contributed by atoms with Gasteiger partial charge in [0.1, 0.15) is 5.76 Å². The number of fused-ring (bicyclic) bond motifs is 1. The average molecular weight is 588 g/mol. The molecule has 0 saturated carbocycles. The van der Waals surface area contributed by atoms with Crippen molar-refractivity contribution in [2.24, 2.45) is 5.41 Å². The van der Waals surface area contributed by atoms with E-state index in [-0.39, 0.29) is 5.41 Å². The fourth-order valence-electron chi connectivity index (χ4n) is 7.08. The van der Waals surface area contributed by atoms with Crippen LogP contribution in [-0.2, 0) is 24.3 Å². The van der Waals surface area contributed by atoms with Gasteiger partial charge in [-0.3, -0.25) is 4.79 Å². The van der Waals surface area contributed by atoms with Gasteiger partial charge in [-0.05, 0) is 74.0 Å². The van der Waals surface area contributed by atoms with Crippen molar-refractivity contribution in [3.05, 3.63) is 120 Å². The lowest BCUT2D eigenvalue weighted by Gasteiger charge is -2.35. The number of hydrogen-bond donors (Lipinski definition) is 1. The summed E-state index contributed by atoms with van der Waals surface area (Å²) in [5.41, 5.74) is 4.20. The summed E-state index contributed by atoms with van der Waals surface area (Å²) in [5, 5.41) is 3.77. The fourth-order valence-corrected chi connectivity index (χ4v) is 7.08. The highest BCUT2D eigenvalue weighted by Crippen LogP contribution is 2.40. The zero-order valence-electron chi connectivity index (χ0n) is 25.3. The van der Waals surface area contributed by atoms with Gasteiger partial charge in [-0.25, -0.2) is 4.98 Å². The highest BCUT2D eigenvalue weighted by atomic mass is 16.3. The third kappa shape index (κ3) is 6.15. The summed E-state index contributed by atoms with van der Waals surface area (Å²) < 4.78 is 7.89. The predicted molar refractivity (Wildman–Crippen MR) is 174 cm³/mol. The number of nitrogens with zero attached hydrogens (tertiary/aromatic N) is 4. The van der Waals surface area contributed by atoms with Crippen molar-refractivity contribution in [3.8, 4) is 0 Å². The zero-order chi connectivity index (χ0) is 29.8. The van der Waals surface area contributed by atoms with Crippen LogP contribution in [0.3, 0.4) is 0 Å². The minimum Gasteiger partial charge on any atom is -0.467 e. The van der Waals surface area contributed by atoms with Gasteiger partial charge in [0.15, 0.2) is 0 Å². The number of piperidine rings is 1. The number of anilines is 1. The van der Waals surface area contributed by atoms with Gasteiger partial charge in [0, 0.05) is 32.2 Å². The minimum atomic E-state index is -0.345. The fraction of sp³-hybridized carbons (Fsp3) is 0.351. The topological polar surface area (TPSA) is 66.5 Å². The van der Waals surface area contributed by atoms with E-state index in [4.69, 9.17) is 9.40 Å². The summed E-state index contributed by atoms with van der Waals surface area (Å²) in [5.74, 6) is 2.13. The van der Waals surface area contributed by atoms with E-state index < -0.39 is 0 Å². The van der Waals surface area contributed by atoms with E-state index in [0.29, 0.717) is 25.0 Å². The van der Waals surface area contributed by atoms with Gasteiger partial charge in [-0.15, -0.1) is 0 Å². The first-order valence-electron chi connectivity index (χ1n) is 16.0. The van der Waals surface area contributed by atoms with E-state index in [0.717, 1.165) is 81.0 Å². The zero-order valence-corrected chi connectivity index (χ0v) is 25.3. The molecule has 226 valence electrons. The molecule has 2 aliphatic heterocycles. The number of carbonyl (C=O) groups excluding carboxylic acids is 1. The summed E-state index contributed by atoms with van der Waals surface area (Å²) in [4.78, 5) is 23.7. The number of furan rings is 1. The number of hydrogen-bond acceptors (Lipinski definition) is 5. The Hall–Kier alpha value is -4.36. The second-order valence-electron chi connectivity index (χ2n) is 12.5. The molecule has 1 amide bonds. The number of benzene rings is 3. The lowest BCUT2D eigenvalue weighted by atomic mass is 9.77. The van der Waals surface area contributed by atoms with E-state index in [1.807, 2.05) is 24.3 Å². The van der Waals surface area contributed by atoms with E-state index in [1.54, 1.807) is 6.26 Å². The quantitative estimate of drug-likeness (QED) is 0.189. The summed E-state index contributed by atoms with van der Waals surface area (Å²) in [6, 6.07) is 33.5. The van der Waals surface area contributed by atoms with Crippen molar-refractivity contribution in [2.75, 3.05) is 31.5 Å². The molecule has 44 heavy (non-hydrogen) atoms. The maximum absolute atomic E-state index is 14.1. The van der Waals surface area contributed by atoms with E-state index in [2.05, 4.69) is 92.5 Å². The molecule has 0 aliphatic carbocycles. The lowest BCUT2D eigenvalue weighted by molar-refractivity contribution is -0.137. The van der Waals surface area contributed by atoms with Crippen LogP contribution in [0.1, 0.15) is 42.6 Å². The Morgan fingerprint density at radius 2 is 1.55 bits per heavy atom. The number of aromatic nitrogens is 2. The smallest absolute Gasteiger partial charge is 0.229 e. The van der Waals surface area contributed by atoms with E-state index >= 15 is 0 Å². The van der Waals surface area contributed by atoms with Crippen LogP contribution in [0.25, 0.3) is 11.0 Å². The Labute approximate surface area is 259 Å². The highest BCUT2D eigenvalue weighted by Gasteiger charge is 2.46. The average Bonchev–Trinajstić information content (AvgIpc) is 3.78. The van der Waals surface area contributed by atoms with Gasteiger partial charge in [0.25, 0.3) is 0 Å². The molecule has 2 aliphatic rings. The number of para-hydroxylation sites is 2. The van der Waals surface area contributed by atoms with Crippen molar-refractivity contribution in [1.29, 1.82) is 0 Å². The molecule has 3 aromatic carbocycles. The molecule has 2 saturated heterocycles. The first-order valence-corrected chi connectivity index (χ1v) is 16.0. The molecule has 7 heteroatoms. The molecule has 0 bridgehead atoms. The molecule has 7 nitrogen and oxygen atoms in total. The summed E-state index contributed by atoms with van der Waals surface area (Å²) in [6.45, 7) is 5.14. The molecule has 1 N–H and O–H groups in total. The predicted octanol–water partition coefficient (Wildman–Crippen LogP) is 6.61. The van der Waals surface area contributed by atoms with Crippen LogP contribution in [0.4, 0.5) is 5.95 Å². The summed E-state index contributed by atoms with van der Waals surface area (Å²) in [6.07, 6.45) is 6.43. The van der Waals surface area contributed by atoms with Crippen LogP contribution in [0.2, 0.25) is 0 Å². The Morgan fingerprint density at radius 1 is 0.818 bits per heavy atom. The highest BCUT2D eigenvalue weighted by molar-refractivity contribution is 5.85. The van der Waals surface area contributed by atoms with Crippen LogP contribution >= 0.6 is 0 Å². The molecule has 0 spiro atoms. The van der Waals surface area contributed by atoms with Crippen LogP contribution in [-0.4, -0.2) is 57.5 Å². The van der Waals surface area contributed by atoms with Crippen molar-refractivity contribution < 1.29 is 9.21 Å². The first-order chi connectivity index (χ1) is 21.6. The molecule has 1 unspecified atom stereocenters. The number of likely N-dealkylation sites (tertiary alicyclic amines) is 2. The first kappa shape index (κ1) is 28.4. The van der Waals surface area contributed by atoms with Gasteiger partial charge in [-0.2, -0.15) is 0 Å². The van der Waals surface area contributed by atoms with Gasteiger partial charge < -0.3 is 24.1 Å². The van der Waals surface area contributed by atoms with Crippen molar-refractivity contribution in [3.63, 3.8) is 0 Å². The Bertz CT molecular complexity index is 1660. The van der Waals surface area contributed by atoms with Crippen molar-refractivity contribution >= 4 is 22.9 Å². The Kier molecular flexibility index (Phi) is 8.20. The molecular weight excluding hydrogens is 546 g/mol. The van der Waals surface area contributed by atoms with Crippen LogP contribution in [0.5, 0.6) is 0 Å². The molecule has 4 heterocycles. The normalized spacial score (nSPS) is 19.6. The maximum atomic E-state index is 14.1. The lowest BCUT2D eigenvalue weighted by Crippen LogP contribution is -2.43. The van der Waals surface area contributed by atoms with Crippen molar-refractivity contribution in [1.82, 2.24) is 19.4 Å². The van der Waals surface area contributed by atoms with Gasteiger partial charge in [0.05, 0.1) is 29.3 Å². The number of rotatable bonds is 11. The number of carbonyl (C=O) groups is 1. The largest absolute Gasteiger partial charge is 0.467 e. The summed E-state index contributed by atoms with van der Waals surface area (Å²) >= 11 is 0. The Balaban J connectivity index is 0.998. The third-order valence-corrected chi connectivity index (χ3v) is 9.58. The molecule has 5 aromatic rings. The monoisotopic (exact) mass is 587 g/mol. The molecule has 7 rings (SSSR count). The number of nitrogens with one attached hydrogen (secondary N) is 1. The number of imidazole rings is 1. The molecule has 2 fully saturated rings. The standard InChI is InChI=1S/C37H41N5O2/c43-35-37(26-29-10-3-1-4-11-29,20-24-41(35)27-30-12-5-2-6-13-30)19-23-40-21-17-31(18-22-40)38-36-39-33-15-7-8-16-34(33)42(36)28-32-14-9-25-44-32/h1-16,25,31H,17-24,26-28H2,(H,38,39). The maximum Gasteiger partial charge on any atom is 0.229 e. The number of amides is 1. The second kappa shape index (κ2) is 12.7. The minimum absolute atomic E-state index is 0.317. The second-order valence-corrected chi connectivity index (χ2v) is 12.5. The van der Waals surface area contributed by atoms with Crippen LogP contribution in [0.15, 0.2) is 108 Å². The third-order valence-electron chi connectivity index (χ3n) is 9.58. The van der Waals surface area contributed by atoms with E-state index in [1.165, 1.54) is 11.1 Å². The van der Waals surface area contributed by atoms with Gasteiger partial charge in [0.2, 0.25) is 11.9 Å². The molecular formula is C37H41N5O2. The van der Waals surface area contributed by atoms with Gasteiger partial charge in [-0.1, -0.05) is 72.8 Å². The van der Waals surface area contributed by atoms with Crippen LogP contribution < -0.4 is 5.32 Å².